The Bertz CT molecular complexity index is 424. The smallest absolute Gasteiger partial charge is 0.311 e. The van der Waals surface area contributed by atoms with E-state index in [0.29, 0.717) is 10.0 Å². The van der Waals surface area contributed by atoms with Crippen molar-refractivity contribution < 1.29 is 18.4 Å². The van der Waals surface area contributed by atoms with Crippen molar-refractivity contribution in [3.05, 3.63) is 32.3 Å². The minimum absolute atomic E-state index is 0.146. The van der Waals surface area contributed by atoms with Crippen LogP contribution in [0, 0.1) is 17.0 Å². The molecule has 0 N–H and O–H groups in total. The Balaban J connectivity index is 3.12. The third-order valence-corrected chi connectivity index (χ3v) is 2.93. The quantitative estimate of drug-likeness (QED) is 0.619. The van der Waals surface area contributed by atoms with Crippen molar-refractivity contribution in [2.24, 2.45) is 0 Å². The molecule has 1 aromatic rings. The number of aryl methyl sites for hydroxylation is 1. The molecular formula is C10H10BrF2NO3. The van der Waals surface area contributed by atoms with Crippen molar-refractivity contribution in [1.29, 1.82) is 0 Å². The van der Waals surface area contributed by atoms with Crippen LogP contribution in [-0.4, -0.2) is 24.4 Å². The molecule has 0 amide bonds. The van der Waals surface area contributed by atoms with Gasteiger partial charge in [0.05, 0.1) is 4.92 Å². The van der Waals surface area contributed by atoms with Crippen LogP contribution in [0.1, 0.15) is 5.56 Å². The van der Waals surface area contributed by atoms with E-state index < -0.39 is 24.4 Å². The number of alkyl halides is 2. The lowest BCUT2D eigenvalue weighted by Gasteiger charge is -2.13. The minimum atomic E-state index is -1.32. The minimum Gasteiger partial charge on any atom is -0.478 e. The van der Waals surface area contributed by atoms with Gasteiger partial charge in [0.2, 0.25) is 0 Å². The zero-order valence-electron chi connectivity index (χ0n) is 8.95. The number of ether oxygens (including phenoxy) is 1. The first kappa shape index (κ1) is 13.8. The monoisotopic (exact) mass is 309 g/mol. The number of nitro groups is 1. The predicted molar refractivity (Wildman–Crippen MR) is 61.9 cm³/mol. The summed E-state index contributed by atoms with van der Waals surface area (Å²) in [5.74, 6) is -0.146. The predicted octanol–water partition coefficient (Wildman–Crippen LogP) is 3.35. The Morgan fingerprint density at radius 1 is 1.47 bits per heavy atom. The lowest BCUT2D eigenvalue weighted by Crippen LogP contribution is -2.21. The van der Waals surface area contributed by atoms with Gasteiger partial charge in [-0.2, -0.15) is 0 Å². The van der Waals surface area contributed by atoms with Gasteiger partial charge in [-0.3, -0.25) is 10.1 Å². The second kappa shape index (κ2) is 5.90. The van der Waals surface area contributed by atoms with Crippen LogP contribution in [0.2, 0.25) is 0 Å². The third kappa shape index (κ3) is 3.36. The van der Waals surface area contributed by atoms with E-state index in [4.69, 9.17) is 4.74 Å². The summed E-state index contributed by atoms with van der Waals surface area (Å²) in [5.41, 5.74) is 0.332. The van der Waals surface area contributed by atoms with Crippen molar-refractivity contribution >= 4 is 21.6 Å². The third-order valence-electron chi connectivity index (χ3n) is 2.07. The maximum atomic E-state index is 12.3. The van der Waals surface area contributed by atoms with Crippen molar-refractivity contribution in [1.82, 2.24) is 0 Å². The molecule has 0 radical (unpaired) electrons. The molecule has 0 spiro atoms. The summed E-state index contributed by atoms with van der Waals surface area (Å²) in [6, 6.07) is 2.62. The normalized spacial score (nSPS) is 10.6. The fourth-order valence-electron chi connectivity index (χ4n) is 1.17. The molecule has 4 nitrogen and oxygen atoms in total. The molecule has 0 fully saturated rings. The van der Waals surface area contributed by atoms with Crippen LogP contribution in [0.3, 0.4) is 0 Å². The summed E-state index contributed by atoms with van der Waals surface area (Å²) in [6.45, 7) is -0.416. The first-order valence-corrected chi connectivity index (χ1v) is 5.52. The Labute approximate surface area is 105 Å². The van der Waals surface area contributed by atoms with Gasteiger partial charge >= 0.3 is 5.69 Å². The van der Waals surface area contributed by atoms with Gasteiger partial charge in [0.1, 0.15) is 13.3 Å². The average molecular weight is 310 g/mol. The van der Waals surface area contributed by atoms with Crippen molar-refractivity contribution in [2.75, 3.05) is 13.3 Å². The molecule has 17 heavy (non-hydrogen) atoms. The summed E-state index contributed by atoms with van der Waals surface area (Å²) >= 11 is 3.17. The molecule has 0 heterocycles. The highest BCUT2D eigenvalue weighted by Gasteiger charge is 2.21. The van der Waals surface area contributed by atoms with Gasteiger partial charge in [-0.25, -0.2) is 8.78 Å². The summed E-state index contributed by atoms with van der Waals surface area (Å²) in [4.78, 5) is 10.1. The maximum absolute atomic E-state index is 12.3. The summed E-state index contributed by atoms with van der Waals surface area (Å²) in [5, 5.41) is 10.8. The van der Waals surface area contributed by atoms with Gasteiger partial charge in [0.15, 0.2) is 11.9 Å². The van der Waals surface area contributed by atoms with E-state index >= 15 is 0 Å². The van der Waals surface area contributed by atoms with Crippen LogP contribution in [0.25, 0.3) is 0 Å². The number of hydrogen-bond donors (Lipinski definition) is 0. The van der Waals surface area contributed by atoms with Gasteiger partial charge in [-0.1, -0.05) is 15.9 Å². The van der Waals surface area contributed by atoms with Gasteiger partial charge in [0.25, 0.3) is 0 Å². The molecule has 1 aromatic carbocycles. The molecule has 0 unspecified atom stereocenters. The lowest BCUT2D eigenvalue weighted by atomic mass is 10.2. The Kier molecular flexibility index (Phi) is 4.80. The maximum Gasteiger partial charge on any atom is 0.311 e. The molecule has 94 valence electrons. The van der Waals surface area contributed by atoms with E-state index in [1.54, 1.807) is 6.92 Å². The molecule has 0 saturated carbocycles. The number of hydrogen-bond acceptors (Lipinski definition) is 3. The van der Waals surface area contributed by atoms with Crippen LogP contribution in [0.15, 0.2) is 16.6 Å². The Morgan fingerprint density at radius 3 is 2.53 bits per heavy atom. The molecular weight excluding hydrogens is 300 g/mol. The van der Waals surface area contributed by atoms with Gasteiger partial charge in [-0.05, 0) is 12.5 Å². The highest BCUT2D eigenvalue weighted by Crippen LogP contribution is 2.33. The number of nitrogens with zero attached hydrogens (tertiary/aromatic N) is 1. The molecule has 0 saturated heterocycles. The average Bonchev–Trinajstić information content (AvgIpc) is 2.29. The number of rotatable bonds is 5. The van der Waals surface area contributed by atoms with E-state index in [1.165, 1.54) is 12.1 Å². The summed E-state index contributed by atoms with van der Waals surface area (Å²) in [7, 11) is 0. The van der Waals surface area contributed by atoms with Gasteiger partial charge < -0.3 is 4.74 Å². The van der Waals surface area contributed by atoms with Gasteiger partial charge in [0, 0.05) is 16.6 Å². The highest BCUT2D eigenvalue weighted by molar-refractivity contribution is 9.10. The van der Waals surface area contributed by atoms with E-state index in [2.05, 4.69) is 15.9 Å². The topological polar surface area (TPSA) is 52.4 Å². The molecule has 0 atom stereocenters. The standard InChI is InChI=1S/C10H10BrF2NO3/c1-6-2-9(14(15)16)10(3-8(6)11)17-7(4-12)5-13/h2-3,7H,4-5H2,1H3. The van der Waals surface area contributed by atoms with Crippen LogP contribution < -0.4 is 4.74 Å². The molecule has 7 heteroatoms. The Hall–Kier alpha value is -1.24. The van der Waals surface area contributed by atoms with E-state index in [1.807, 2.05) is 0 Å². The van der Waals surface area contributed by atoms with Crippen molar-refractivity contribution in [2.45, 2.75) is 13.0 Å². The largest absolute Gasteiger partial charge is 0.478 e. The van der Waals surface area contributed by atoms with Crippen molar-refractivity contribution in [3.8, 4) is 5.75 Å². The zero-order chi connectivity index (χ0) is 13.0. The van der Waals surface area contributed by atoms with E-state index in [0.717, 1.165) is 0 Å². The second-order valence-electron chi connectivity index (χ2n) is 3.37. The first-order chi connectivity index (χ1) is 7.99. The van der Waals surface area contributed by atoms with Crippen LogP contribution >= 0.6 is 15.9 Å². The molecule has 0 aliphatic rings. The molecule has 0 aliphatic carbocycles. The Morgan fingerprint density at radius 2 is 2.06 bits per heavy atom. The van der Waals surface area contributed by atoms with Crippen molar-refractivity contribution in [3.63, 3.8) is 0 Å². The fraction of sp³-hybridized carbons (Fsp3) is 0.400. The summed E-state index contributed by atoms with van der Waals surface area (Å²) in [6.07, 6.45) is -1.32. The van der Waals surface area contributed by atoms with Crippen LogP contribution in [-0.2, 0) is 0 Å². The molecule has 0 bridgehead atoms. The number of nitro benzene ring substituents is 1. The molecule has 0 aromatic heterocycles. The first-order valence-electron chi connectivity index (χ1n) is 4.72. The number of benzene rings is 1. The zero-order valence-corrected chi connectivity index (χ0v) is 10.5. The lowest BCUT2D eigenvalue weighted by molar-refractivity contribution is -0.386. The van der Waals surface area contributed by atoms with Crippen LogP contribution in [0.4, 0.5) is 14.5 Å². The van der Waals surface area contributed by atoms with E-state index in [-0.39, 0.29) is 11.4 Å². The van der Waals surface area contributed by atoms with Crippen LogP contribution in [0.5, 0.6) is 5.75 Å². The fourth-order valence-corrected chi connectivity index (χ4v) is 1.49. The highest BCUT2D eigenvalue weighted by atomic mass is 79.9. The van der Waals surface area contributed by atoms with Gasteiger partial charge in [-0.15, -0.1) is 0 Å². The van der Waals surface area contributed by atoms with E-state index in [9.17, 15) is 18.9 Å². The molecule has 0 aliphatic heterocycles. The molecule has 1 rings (SSSR count). The number of halogens is 3. The SMILES string of the molecule is Cc1cc([N+](=O)[O-])c(OC(CF)CF)cc1Br. The second-order valence-corrected chi connectivity index (χ2v) is 4.23. The summed E-state index contributed by atoms with van der Waals surface area (Å²) < 4.78 is 30.1.